The fourth-order valence-electron chi connectivity index (χ4n) is 2.65. The molecule has 1 aromatic rings. The fraction of sp³-hybridized carbons (Fsp3) is 0.474. The van der Waals surface area contributed by atoms with Gasteiger partial charge in [-0.25, -0.2) is 4.79 Å². The Bertz CT molecular complexity index is 675. The van der Waals surface area contributed by atoms with E-state index in [0.29, 0.717) is 31.7 Å². The maximum Gasteiger partial charge on any atom is 0.410 e. The van der Waals surface area contributed by atoms with Gasteiger partial charge in [0, 0.05) is 43.0 Å². The fourth-order valence-corrected chi connectivity index (χ4v) is 2.65. The topological polar surface area (TPSA) is 49.9 Å². The van der Waals surface area contributed by atoms with Gasteiger partial charge in [0.05, 0.1) is 0 Å². The summed E-state index contributed by atoms with van der Waals surface area (Å²) in [5, 5.41) is 0. The lowest BCUT2D eigenvalue weighted by Gasteiger charge is -2.37. The van der Waals surface area contributed by atoms with Crippen LogP contribution in [-0.4, -0.2) is 49.1 Å². The molecule has 0 radical (unpaired) electrons. The van der Waals surface area contributed by atoms with Gasteiger partial charge in [0.25, 0.3) is 0 Å². The smallest absolute Gasteiger partial charge is 0.410 e. The predicted molar refractivity (Wildman–Crippen MR) is 94.5 cm³/mol. The van der Waals surface area contributed by atoms with Crippen LogP contribution >= 0.6 is 0 Å². The number of carbonyl (C=O) groups excluding carboxylic acids is 2. The maximum absolute atomic E-state index is 12.1. The number of amides is 1. The molecule has 0 spiro atoms. The molecule has 24 heavy (non-hydrogen) atoms. The summed E-state index contributed by atoms with van der Waals surface area (Å²) in [6.07, 6.45) is 6.08. The van der Waals surface area contributed by atoms with Crippen LogP contribution < -0.4 is 4.90 Å². The van der Waals surface area contributed by atoms with Gasteiger partial charge in [0.1, 0.15) is 11.9 Å². The predicted octanol–water partition coefficient (Wildman–Crippen LogP) is 2.85. The second-order valence-electron chi connectivity index (χ2n) is 6.92. The van der Waals surface area contributed by atoms with Crippen molar-refractivity contribution in [2.45, 2.75) is 33.3 Å². The second-order valence-corrected chi connectivity index (χ2v) is 6.92. The van der Waals surface area contributed by atoms with E-state index < -0.39 is 5.60 Å². The van der Waals surface area contributed by atoms with Crippen LogP contribution in [0, 0.1) is 19.3 Å². The molecule has 0 aliphatic carbocycles. The summed E-state index contributed by atoms with van der Waals surface area (Å²) in [4.78, 5) is 27.2. The van der Waals surface area contributed by atoms with Gasteiger partial charge in [-0.1, -0.05) is 5.92 Å². The molecule has 0 N–H and O–H groups in total. The van der Waals surface area contributed by atoms with Gasteiger partial charge in [-0.05, 0) is 45.4 Å². The quantitative estimate of drug-likeness (QED) is 0.619. The highest BCUT2D eigenvalue weighted by Crippen LogP contribution is 2.24. The number of rotatable bonds is 2. The number of anilines is 1. The van der Waals surface area contributed by atoms with E-state index in [2.05, 4.69) is 10.8 Å². The lowest BCUT2D eigenvalue weighted by Crippen LogP contribution is -2.50. The molecule has 1 saturated heterocycles. The molecule has 1 aliphatic rings. The molecule has 1 aliphatic heterocycles. The molecular formula is C19H24N2O3. The van der Waals surface area contributed by atoms with Crippen molar-refractivity contribution in [3.8, 4) is 12.3 Å². The van der Waals surface area contributed by atoms with Crippen molar-refractivity contribution in [3.63, 3.8) is 0 Å². The molecule has 0 saturated carbocycles. The summed E-state index contributed by atoms with van der Waals surface area (Å²) in [6.45, 7) is 9.91. The Morgan fingerprint density at radius 1 is 1.25 bits per heavy atom. The van der Waals surface area contributed by atoms with Crippen molar-refractivity contribution in [1.82, 2.24) is 4.90 Å². The largest absolute Gasteiger partial charge is 0.444 e. The number of terminal acetylenes is 1. The van der Waals surface area contributed by atoms with Crippen LogP contribution in [0.4, 0.5) is 10.5 Å². The van der Waals surface area contributed by atoms with Gasteiger partial charge in [0.15, 0.2) is 0 Å². The van der Waals surface area contributed by atoms with E-state index in [1.165, 1.54) is 0 Å². The number of carbonyl (C=O) groups is 2. The Balaban J connectivity index is 2.09. The van der Waals surface area contributed by atoms with E-state index in [1.54, 1.807) is 4.90 Å². The van der Waals surface area contributed by atoms with Gasteiger partial charge < -0.3 is 14.5 Å². The molecule has 2 rings (SSSR count). The molecule has 0 bridgehead atoms. The molecular weight excluding hydrogens is 304 g/mol. The van der Waals surface area contributed by atoms with Crippen molar-refractivity contribution >= 4 is 18.1 Å². The van der Waals surface area contributed by atoms with Crippen LogP contribution in [0.3, 0.4) is 0 Å². The Labute approximate surface area is 143 Å². The lowest BCUT2D eigenvalue weighted by molar-refractivity contribution is 0.0240. The normalized spacial score (nSPS) is 15.0. The van der Waals surface area contributed by atoms with Crippen molar-refractivity contribution in [2.75, 3.05) is 31.1 Å². The van der Waals surface area contributed by atoms with Crippen molar-refractivity contribution in [2.24, 2.45) is 0 Å². The van der Waals surface area contributed by atoms with Crippen LogP contribution in [0.2, 0.25) is 0 Å². The maximum atomic E-state index is 12.1. The number of piperazine rings is 1. The zero-order valence-corrected chi connectivity index (χ0v) is 14.8. The van der Waals surface area contributed by atoms with E-state index in [1.807, 2.05) is 39.8 Å². The number of benzene rings is 1. The molecule has 1 aromatic carbocycles. The van der Waals surface area contributed by atoms with Gasteiger partial charge >= 0.3 is 6.09 Å². The zero-order chi connectivity index (χ0) is 17.9. The van der Waals surface area contributed by atoms with Gasteiger partial charge in [-0.3, -0.25) is 4.79 Å². The first-order chi connectivity index (χ1) is 11.2. The molecule has 5 heteroatoms. The van der Waals surface area contributed by atoms with E-state index >= 15 is 0 Å². The van der Waals surface area contributed by atoms with Crippen LogP contribution in [0.5, 0.6) is 0 Å². The monoisotopic (exact) mass is 328 g/mol. The summed E-state index contributed by atoms with van der Waals surface area (Å²) in [5.41, 5.74) is 2.58. The molecule has 1 heterocycles. The minimum atomic E-state index is -0.494. The Hall–Kier alpha value is -2.48. The van der Waals surface area contributed by atoms with Gasteiger partial charge in [0.2, 0.25) is 0 Å². The third kappa shape index (κ3) is 4.08. The lowest BCUT2D eigenvalue weighted by atomic mass is 10.0. The molecule has 1 amide bonds. The van der Waals surface area contributed by atoms with E-state index in [0.717, 1.165) is 23.1 Å². The second kappa shape index (κ2) is 6.96. The average Bonchev–Trinajstić information content (AvgIpc) is 2.53. The number of ether oxygens (including phenoxy) is 1. The highest BCUT2D eigenvalue weighted by atomic mass is 16.6. The highest BCUT2D eigenvalue weighted by molar-refractivity contribution is 5.81. The number of hydrogen-bond acceptors (Lipinski definition) is 4. The van der Waals surface area contributed by atoms with Gasteiger partial charge in [-0.15, -0.1) is 6.42 Å². The van der Waals surface area contributed by atoms with Crippen LogP contribution in [0.25, 0.3) is 0 Å². The van der Waals surface area contributed by atoms with Crippen molar-refractivity contribution < 1.29 is 14.3 Å². The van der Waals surface area contributed by atoms with Crippen LogP contribution in [0.15, 0.2) is 12.1 Å². The number of hydrogen-bond donors (Lipinski definition) is 0. The summed E-state index contributed by atoms with van der Waals surface area (Å²) < 4.78 is 5.40. The van der Waals surface area contributed by atoms with E-state index in [9.17, 15) is 9.59 Å². The molecule has 0 unspecified atom stereocenters. The molecule has 0 atom stereocenters. The van der Waals surface area contributed by atoms with E-state index in [4.69, 9.17) is 11.2 Å². The molecule has 0 aromatic heterocycles. The third-order valence-corrected chi connectivity index (χ3v) is 4.01. The first kappa shape index (κ1) is 17.9. The summed E-state index contributed by atoms with van der Waals surface area (Å²) in [6, 6.07) is 3.78. The minimum Gasteiger partial charge on any atom is -0.444 e. The highest BCUT2D eigenvalue weighted by Gasteiger charge is 2.26. The first-order valence-corrected chi connectivity index (χ1v) is 8.04. The Morgan fingerprint density at radius 3 is 2.38 bits per heavy atom. The summed E-state index contributed by atoms with van der Waals surface area (Å²) >= 11 is 0. The molecule has 5 nitrogen and oxygen atoms in total. The average molecular weight is 328 g/mol. The minimum absolute atomic E-state index is 0.288. The third-order valence-electron chi connectivity index (χ3n) is 4.01. The Kier molecular flexibility index (Phi) is 5.18. The molecule has 128 valence electrons. The summed E-state index contributed by atoms with van der Waals surface area (Å²) in [7, 11) is 0. The standard InChI is InChI=1S/C19H24N2O3/c1-6-15-11-17(12-16(13-22)14(15)2)20-7-9-21(10-8-20)18(23)24-19(3,4)5/h1,11-13H,7-10H2,2-5H3. The summed E-state index contributed by atoms with van der Waals surface area (Å²) in [5.74, 6) is 2.63. The number of nitrogens with zero attached hydrogens (tertiary/aromatic N) is 2. The first-order valence-electron chi connectivity index (χ1n) is 8.04. The van der Waals surface area contributed by atoms with E-state index in [-0.39, 0.29) is 6.09 Å². The van der Waals surface area contributed by atoms with Crippen molar-refractivity contribution in [3.05, 3.63) is 28.8 Å². The van der Waals surface area contributed by atoms with Crippen LogP contribution in [0.1, 0.15) is 42.3 Å². The molecule has 1 fully saturated rings. The van der Waals surface area contributed by atoms with Gasteiger partial charge in [-0.2, -0.15) is 0 Å². The Morgan fingerprint density at radius 2 is 1.88 bits per heavy atom. The van der Waals surface area contributed by atoms with Crippen molar-refractivity contribution in [1.29, 1.82) is 0 Å². The SMILES string of the molecule is C#Cc1cc(N2CCN(C(=O)OC(C)(C)C)CC2)cc(C=O)c1C. The van der Waals surface area contributed by atoms with Crippen LogP contribution in [-0.2, 0) is 4.74 Å². The number of aldehydes is 1. The zero-order valence-electron chi connectivity index (χ0n) is 14.8.